The van der Waals surface area contributed by atoms with Crippen molar-refractivity contribution in [3.8, 4) is 0 Å². The zero-order valence-electron chi connectivity index (χ0n) is 38.2. The highest BCUT2D eigenvalue weighted by Gasteiger charge is 2.31. The lowest BCUT2D eigenvalue weighted by Gasteiger charge is -2.31. The zero-order chi connectivity index (χ0) is 42.8. The maximum Gasteiger partial charge on any atom is 0.362 e. The van der Waals surface area contributed by atoms with Gasteiger partial charge in [0.05, 0.1) is 34.4 Å². The fraction of sp³-hybridized carbons (Fsp3) is 0.780. The van der Waals surface area contributed by atoms with Crippen molar-refractivity contribution in [1.82, 2.24) is 0 Å². The third-order valence-corrected chi connectivity index (χ3v) is 10.5. The topological polar surface area (TPSA) is 99.1 Å². The molecule has 0 amide bonds. The monoisotopic (exact) mass is 817 g/mol. The van der Waals surface area contributed by atoms with Gasteiger partial charge in [-0.3, -0.25) is 9.59 Å². The van der Waals surface area contributed by atoms with Gasteiger partial charge >= 0.3 is 17.9 Å². The first-order valence-electron chi connectivity index (χ1n) is 23.7. The molecule has 0 heterocycles. The lowest BCUT2D eigenvalue weighted by Crippen LogP contribution is -2.50. The number of quaternary nitrogens is 1. The van der Waals surface area contributed by atoms with E-state index in [1.807, 2.05) is 21.1 Å². The van der Waals surface area contributed by atoms with Crippen molar-refractivity contribution in [2.24, 2.45) is 0 Å². The van der Waals surface area contributed by atoms with Gasteiger partial charge in [0.1, 0.15) is 6.61 Å². The van der Waals surface area contributed by atoms with Crippen LogP contribution in [0.2, 0.25) is 0 Å². The average Bonchev–Trinajstić information content (AvgIpc) is 3.18. The van der Waals surface area contributed by atoms with Gasteiger partial charge in [0.2, 0.25) is 0 Å². The molecule has 336 valence electrons. The molecule has 0 spiro atoms. The number of allylic oxidation sites excluding steroid dienone is 8. The maximum atomic E-state index is 12.7. The SMILES string of the molecule is CC/C=C/C/C=C/C/C=C/CCCCC(=O)OCC(COCCC(C(=O)O)[N+](C)(C)C)OC(=O)CCCCCCCCC/C=C/CCCCCCCCCCCCC. The summed E-state index contributed by atoms with van der Waals surface area (Å²) in [6, 6.07) is -0.621. The Kier molecular flexibility index (Phi) is 39.1. The van der Waals surface area contributed by atoms with Crippen molar-refractivity contribution in [1.29, 1.82) is 0 Å². The summed E-state index contributed by atoms with van der Waals surface area (Å²) in [4.78, 5) is 37.0. The number of ether oxygens (including phenoxy) is 3. The quantitative estimate of drug-likeness (QED) is 0.0283. The van der Waals surface area contributed by atoms with E-state index in [0.29, 0.717) is 19.3 Å². The van der Waals surface area contributed by atoms with E-state index in [9.17, 15) is 19.5 Å². The number of aliphatic carboxylic acids is 1. The fourth-order valence-corrected chi connectivity index (χ4v) is 6.81. The van der Waals surface area contributed by atoms with Crippen molar-refractivity contribution in [2.75, 3.05) is 41.0 Å². The van der Waals surface area contributed by atoms with Crippen LogP contribution in [0.1, 0.15) is 200 Å². The van der Waals surface area contributed by atoms with Crippen LogP contribution in [0, 0.1) is 0 Å². The highest BCUT2D eigenvalue weighted by molar-refractivity contribution is 5.72. The van der Waals surface area contributed by atoms with E-state index in [2.05, 4.69) is 62.5 Å². The van der Waals surface area contributed by atoms with Crippen molar-refractivity contribution >= 4 is 17.9 Å². The third-order valence-electron chi connectivity index (χ3n) is 10.5. The first-order valence-corrected chi connectivity index (χ1v) is 23.7. The van der Waals surface area contributed by atoms with Crippen molar-refractivity contribution < 1.29 is 38.2 Å². The minimum atomic E-state index is -0.881. The molecular formula is C50H90NO7+. The lowest BCUT2D eigenvalue weighted by atomic mass is 10.0. The molecule has 0 fully saturated rings. The maximum absolute atomic E-state index is 12.7. The summed E-state index contributed by atoms with van der Waals surface area (Å²) in [5, 5.41) is 9.62. The molecule has 8 nitrogen and oxygen atoms in total. The predicted octanol–water partition coefficient (Wildman–Crippen LogP) is 13.2. The molecule has 0 aliphatic rings. The van der Waals surface area contributed by atoms with Crippen LogP contribution in [-0.2, 0) is 28.6 Å². The van der Waals surface area contributed by atoms with E-state index in [0.717, 1.165) is 57.8 Å². The number of hydrogen-bond donors (Lipinski definition) is 1. The molecule has 0 aliphatic carbocycles. The number of esters is 2. The Morgan fingerprint density at radius 2 is 0.966 bits per heavy atom. The normalized spacial score (nSPS) is 13.3. The van der Waals surface area contributed by atoms with Gasteiger partial charge < -0.3 is 23.8 Å². The number of carboxylic acid groups (broad SMARTS) is 1. The summed E-state index contributed by atoms with van der Waals surface area (Å²) in [7, 11) is 5.51. The second kappa shape index (κ2) is 41.0. The molecule has 2 unspecified atom stereocenters. The minimum Gasteiger partial charge on any atom is -0.477 e. The molecule has 8 heteroatoms. The Balaban J connectivity index is 4.27. The Morgan fingerprint density at radius 1 is 0.534 bits per heavy atom. The average molecular weight is 817 g/mol. The molecule has 0 aromatic heterocycles. The standard InChI is InChI=1S/C50H89NO7/c1-6-8-10-12-14-16-18-20-21-22-23-24-25-26-27-28-29-31-33-35-37-39-41-49(53)58-46(44-56-43-42-47(50(54)55)51(3,4)5)45-57-48(52)40-38-36-34-32-30-19-17-15-13-11-9-7-2/h9,11,15,17,25-26,30,32,46-47H,6-8,10,12-14,16,18-24,27-29,31,33-45H2,1-5H3/p+1/b11-9+,17-15+,26-25+,32-30+. The Morgan fingerprint density at radius 3 is 1.48 bits per heavy atom. The van der Waals surface area contributed by atoms with Crippen molar-refractivity contribution in [3.63, 3.8) is 0 Å². The molecule has 0 saturated carbocycles. The van der Waals surface area contributed by atoms with Gasteiger partial charge in [0, 0.05) is 19.3 Å². The van der Waals surface area contributed by atoms with Crippen molar-refractivity contribution in [2.45, 2.75) is 212 Å². The van der Waals surface area contributed by atoms with E-state index in [1.165, 1.54) is 109 Å². The number of likely N-dealkylation sites (N-methyl/N-ethyl adjacent to an activating group) is 1. The number of carbonyl (C=O) groups is 3. The molecule has 1 N–H and O–H groups in total. The molecule has 2 atom stereocenters. The smallest absolute Gasteiger partial charge is 0.362 e. The number of rotatable bonds is 42. The lowest BCUT2D eigenvalue weighted by molar-refractivity contribution is -0.887. The van der Waals surface area contributed by atoms with Gasteiger partial charge in [-0.15, -0.1) is 0 Å². The van der Waals surface area contributed by atoms with Crippen molar-refractivity contribution in [3.05, 3.63) is 48.6 Å². The van der Waals surface area contributed by atoms with Crippen LogP contribution in [0.4, 0.5) is 0 Å². The number of unbranched alkanes of at least 4 members (excludes halogenated alkanes) is 20. The van der Waals surface area contributed by atoms with E-state index in [4.69, 9.17) is 14.2 Å². The van der Waals surface area contributed by atoms with Crippen LogP contribution in [0.25, 0.3) is 0 Å². The third kappa shape index (κ3) is 38.8. The first kappa shape index (κ1) is 55.3. The molecule has 0 radical (unpaired) electrons. The summed E-state index contributed by atoms with van der Waals surface area (Å²) in [6.45, 7) is 4.58. The van der Waals surface area contributed by atoms with Gasteiger partial charge in [-0.05, 0) is 70.6 Å². The van der Waals surface area contributed by atoms with Crippen LogP contribution < -0.4 is 0 Å². The van der Waals surface area contributed by atoms with Crippen LogP contribution in [0.15, 0.2) is 48.6 Å². The molecule has 0 saturated heterocycles. The molecule has 0 bridgehead atoms. The van der Waals surface area contributed by atoms with E-state index >= 15 is 0 Å². The fourth-order valence-electron chi connectivity index (χ4n) is 6.81. The number of nitrogens with zero attached hydrogens (tertiary/aromatic N) is 1. The molecule has 0 aromatic carbocycles. The summed E-state index contributed by atoms with van der Waals surface area (Å²) in [6.07, 6.45) is 48.9. The zero-order valence-corrected chi connectivity index (χ0v) is 38.2. The number of carboxylic acids is 1. The Hall–Kier alpha value is -2.71. The van der Waals surface area contributed by atoms with Crippen LogP contribution in [0.5, 0.6) is 0 Å². The number of hydrogen-bond acceptors (Lipinski definition) is 6. The van der Waals surface area contributed by atoms with E-state index in [-0.39, 0.29) is 36.2 Å². The van der Waals surface area contributed by atoms with Gasteiger partial charge in [0.15, 0.2) is 12.1 Å². The van der Waals surface area contributed by atoms with Gasteiger partial charge in [-0.25, -0.2) is 4.79 Å². The first-order chi connectivity index (χ1) is 28.1. The molecule has 0 aliphatic heterocycles. The molecule has 0 aromatic rings. The number of carbonyl (C=O) groups excluding carboxylic acids is 2. The highest BCUT2D eigenvalue weighted by atomic mass is 16.6. The summed E-state index contributed by atoms with van der Waals surface area (Å²) in [5.41, 5.74) is 0. The molecular weight excluding hydrogens is 727 g/mol. The highest BCUT2D eigenvalue weighted by Crippen LogP contribution is 2.15. The van der Waals surface area contributed by atoms with Crippen LogP contribution >= 0.6 is 0 Å². The second-order valence-electron chi connectivity index (χ2n) is 17.0. The summed E-state index contributed by atoms with van der Waals surface area (Å²) < 4.78 is 17.2. The van der Waals surface area contributed by atoms with E-state index in [1.54, 1.807) is 0 Å². The summed E-state index contributed by atoms with van der Waals surface area (Å²) >= 11 is 0. The van der Waals surface area contributed by atoms with Gasteiger partial charge in [-0.2, -0.15) is 0 Å². The largest absolute Gasteiger partial charge is 0.477 e. The van der Waals surface area contributed by atoms with Gasteiger partial charge in [-0.1, -0.05) is 159 Å². The molecule has 0 rings (SSSR count). The van der Waals surface area contributed by atoms with E-state index < -0.39 is 18.1 Å². The van der Waals surface area contributed by atoms with Crippen LogP contribution in [0.3, 0.4) is 0 Å². The van der Waals surface area contributed by atoms with Gasteiger partial charge in [0.25, 0.3) is 0 Å². The summed E-state index contributed by atoms with van der Waals surface area (Å²) in [5.74, 6) is -1.52. The Bertz CT molecular complexity index is 1090. The Labute approximate surface area is 356 Å². The predicted molar refractivity (Wildman–Crippen MR) is 243 cm³/mol. The second-order valence-corrected chi connectivity index (χ2v) is 17.0. The van der Waals surface area contributed by atoms with Crippen LogP contribution in [-0.4, -0.2) is 80.6 Å². The molecule has 58 heavy (non-hydrogen) atoms. The minimum absolute atomic E-state index is 0.0468.